The van der Waals surface area contributed by atoms with Gasteiger partial charge in [0.05, 0.1) is 12.8 Å². The maximum absolute atomic E-state index is 13.9. The first-order valence-electron chi connectivity index (χ1n) is 11.7. The average Bonchev–Trinajstić information content (AvgIpc) is 3.58. The zero-order valence-corrected chi connectivity index (χ0v) is 19.7. The molecular weight excluding hydrogens is 452 g/mol. The first-order valence-corrected chi connectivity index (χ1v) is 12.6. The van der Waals surface area contributed by atoms with Crippen molar-refractivity contribution in [1.29, 1.82) is 0 Å². The number of furan rings is 1. The van der Waals surface area contributed by atoms with Gasteiger partial charge in [-0.05, 0) is 48.6 Å². The summed E-state index contributed by atoms with van der Waals surface area (Å²) in [7, 11) is 0. The van der Waals surface area contributed by atoms with Gasteiger partial charge in [-0.1, -0.05) is 37.5 Å². The number of nitrogens with zero attached hydrogens (tertiary/aromatic N) is 1. The number of hydrogen-bond acceptors (Lipinski definition) is 6. The van der Waals surface area contributed by atoms with Crippen LogP contribution in [0.5, 0.6) is 11.5 Å². The van der Waals surface area contributed by atoms with Crippen LogP contribution >= 0.6 is 11.3 Å². The van der Waals surface area contributed by atoms with Crippen molar-refractivity contribution in [2.45, 2.75) is 56.8 Å². The fourth-order valence-corrected chi connectivity index (χ4v) is 5.29. The second-order valence-corrected chi connectivity index (χ2v) is 9.70. The molecule has 3 aromatic rings. The smallest absolute Gasteiger partial charge is 0.268 e. The first-order chi connectivity index (χ1) is 16.7. The van der Waals surface area contributed by atoms with Crippen molar-refractivity contribution >= 4 is 23.2 Å². The van der Waals surface area contributed by atoms with Crippen molar-refractivity contribution in [1.82, 2.24) is 10.2 Å². The normalized spacial score (nSPS) is 18.8. The molecule has 3 heterocycles. The summed E-state index contributed by atoms with van der Waals surface area (Å²) in [6.07, 6.45) is 5.95. The number of rotatable bonds is 7. The van der Waals surface area contributed by atoms with Gasteiger partial charge in [-0.2, -0.15) is 0 Å². The monoisotopic (exact) mass is 480 g/mol. The van der Waals surface area contributed by atoms with E-state index in [1.807, 2.05) is 35.7 Å². The molecule has 2 amide bonds. The standard InChI is InChI=1S/C26H28N2O5S/c29-25(27-18-8-2-1-3-9-18)24(22-13-6-14-31-22)28(16-19-10-7-15-34-19)26(30)23-17-32-20-11-4-5-12-21(20)33-23/h4-7,10-15,18,23-24H,1-3,8-9,16-17H2,(H,27,29)/t23-,24+/m1/s1. The van der Waals surface area contributed by atoms with Gasteiger partial charge in [0.2, 0.25) is 6.10 Å². The van der Waals surface area contributed by atoms with Gasteiger partial charge in [0, 0.05) is 10.9 Å². The Kier molecular flexibility index (Phi) is 6.85. The van der Waals surface area contributed by atoms with Crippen LogP contribution in [0.25, 0.3) is 0 Å². The van der Waals surface area contributed by atoms with Gasteiger partial charge in [0.15, 0.2) is 17.5 Å². The van der Waals surface area contributed by atoms with Crippen LogP contribution in [0.3, 0.4) is 0 Å². The van der Waals surface area contributed by atoms with Crippen molar-refractivity contribution in [3.05, 3.63) is 70.8 Å². The highest BCUT2D eigenvalue weighted by molar-refractivity contribution is 7.09. The van der Waals surface area contributed by atoms with E-state index in [4.69, 9.17) is 13.9 Å². The highest BCUT2D eigenvalue weighted by Gasteiger charge is 2.40. The molecule has 0 saturated heterocycles. The van der Waals surface area contributed by atoms with Crippen LogP contribution in [0, 0.1) is 0 Å². The van der Waals surface area contributed by atoms with Gasteiger partial charge in [0.25, 0.3) is 11.8 Å². The second-order valence-electron chi connectivity index (χ2n) is 8.67. The van der Waals surface area contributed by atoms with Gasteiger partial charge in [-0.25, -0.2) is 0 Å². The minimum atomic E-state index is -0.910. The lowest BCUT2D eigenvalue weighted by atomic mass is 9.95. The largest absolute Gasteiger partial charge is 0.485 e. The summed E-state index contributed by atoms with van der Waals surface area (Å²) in [5.74, 6) is 1.00. The number of thiophene rings is 1. The Hall–Kier alpha value is -3.26. The van der Waals surface area contributed by atoms with Gasteiger partial charge < -0.3 is 24.1 Å². The molecule has 5 rings (SSSR count). The fourth-order valence-electron chi connectivity index (χ4n) is 4.59. The predicted octanol–water partition coefficient (Wildman–Crippen LogP) is 4.70. The number of carbonyl (C=O) groups excluding carboxylic acids is 2. The molecule has 1 aromatic carbocycles. The van der Waals surface area contributed by atoms with Crippen molar-refractivity contribution < 1.29 is 23.5 Å². The lowest BCUT2D eigenvalue weighted by molar-refractivity contribution is -0.150. The van der Waals surface area contributed by atoms with Crippen LogP contribution in [0.2, 0.25) is 0 Å². The highest BCUT2D eigenvalue weighted by Crippen LogP contribution is 2.33. The fraction of sp³-hybridized carbons (Fsp3) is 0.385. The van der Waals surface area contributed by atoms with E-state index < -0.39 is 12.1 Å². The molecule has 1 aliphatic heterocycles. The SMILES string of the molecule is O=C(NC1CCCCC1)[C@H](c1ccco1)N(Cc1cccs1)C(=O)[C@H]1COc2ccccc2O1. The summed E-state index contributed by atoms with van der Waals surface area (Å²) in [6.45, 7) is 0.341. The van der Waals surface area contributed by atoms with E-state index in [9.17, 15) is 9.59 Å². The van der Waals surface area contributed by atoms with Crippen molar-refractivity contribution in [2.24, 2.45) is 0 Å². The molecule has 178 valence electrons. The van der Waals surface area contributed by atoms with Crippen molar-refractivity contribution in [3.63, 3.8) is 0 Å². The number of para-hydroxylation sites is 2. The molecule has 0 spiro atoms. The summed E-state index contributed by atoms with van der Waals surface area (Å²) in [5, 5.41) is 5.14. The zero-order chi connectivity index (χ0) is 23.3. The molecule has 7 nitrogen and oxygen atoms in total. The van der Waals surface area contributed by atoms with E-state index in [2.05, 4.69) is 5.32 Å². The van der Waals surface area contributed by atoms with Crippen LogP contribution in [-0.2, 0) is 16.1 Å². The number of carbonyl (C=O) groups is 2. The summed E-state index contributed by atoms with van der Waals surface area (Å²) >= 11 is 1.54. The summed E-state index contributed by atoms with van der Waals surface area (Å²) in [4.78, 5) is 30.0. The van der Waals surface area contributed by atoms with Gasteiger partial charge >= 0.3 is 0 Å². The highest BCUT2D eigenvalue weighted by atomic mass is 32.1. The van der Waals surface area contributed by atoms with Crippen molar-refractivity contribution in [2.75, 3.05) is 6.61 Å². The van der Waals surface area contributed by atoms with E-state index in [-0.39, 0.29) is 31.0 Å². The molecule has 0 radical (unpaired) electrons. The molecule has 1 fully saturated rings. The maximum atomic E-state index is 13.9. The predicted molar refractivity (Wildman–Crippen MR) is 128 cm³/mol. The number of amides is 2. The molecular formula is C26H28N2O5S. The number of fused-ring (bicyclic) bond motifs is 1. The number of ether oxygens (including phenoxy) is 2. The van der Waals surface area contributed by atoms with Gasteiger partial charge in [-0.15, -0.1) is 11.3 Å². The summed E-state index contributed by atoms with van der Waals surface area (Å²) in [5.41, 5.74) is 0. The van der Waals surface area contributed by atoms with Crippen LogP contribution in [-0.4, -0.2) is 35.5 Å². The molecule has 1 N–H and O–H groups in total. The molecule has 34 heavy (non-hydrogen) atoms. The quantitative estimate of drug-likeness (QED) is 0.530. The third kappa shape index (κ3) is 4.97. The van der Waals surface area contributed by atoms with Crippen molar-refractivity contribution in [3.8, 4) is 11.5 Å². The van der Waals surface area contributed by atoms with E-state index in [1.165, 1.54) is 24.0 Å². The number of benzene rings is 1. The molecule has 2 aliphatic rings. The minimum absolute atomic E-state index is 0.0753. The van der Waals surface area contributed by atoms with E-state index in [0.29, 0.717) is 17.3 Å². The molecule has 0 bridgehead atoms. The Balaban J connectivity index is 1.44. The lowest BCUT2D eigenvalue weighted by Crippen LogP contribution is -2.51. The Labute approximate surface area is 202 Å². The molecule has 1 saturated carbocycles. The van der Waals surface area contributed by atoms with Crippen LogP contribution in [0.15, 0.2) is 64.6 Å². The van der Waals surface area contributed by atoms with E-state index in [0.717, 1.165) is 30.6 Å². The molecule has 2 aromatic heterocycles. The molecule has 0 unspecified atom stereocenters. The van der Waals surface area contributed by atoms with Gasteiger partial charge in [-0.3, -0.25) is 9.59 Å². The Morgan fingerprint density at radius 2 is 1.85 bits per heavy atom. The van der Waals surface area contributed by atoms with E-state index >= 15 is 0 Å². The number of hydrogen-bond donors (Lipinski definition) is 1. The minimum Gasteiger partial charge on any atom is -0.485 e. The third-order valence-corrected chi connectivity index (χ3v) is 7.16. The van der Waals surface area contributed by atoms with E-state index in [1.54, 1.807) is 23.1 Å². The summed E-state index contributed by atoms with van der Waals surface area (Å²) < 4.78 is 17.5. The molecule has 8 heteroatoms. The maximum Gasteiger partial charge on any atom is 0.268 e. The Morgan fingerprint density at radius 1 is 1.03 bits per heavy atom. The van der Waals surface area contributed by atoms with Crippen LogP contribution < -0.4 is 14.8 Å². The topological polar surface area (TPSA) is 81.0 Å². The first kappa shape index (κ1) is 22.5. The second kappa shape index (κ2) is 10.3. The zero-order valence-electron chi connectivity index (χ0n) is 18.9. The van der Waals surface area contributed by atoms with Crippen LogP contribution in [0.1, 0.15) is 48.8 Å². The Bertz CT molecular complexity index is 1090. The summed E-state index contributed by atoms with van der Waals surface area (Å²) in [6, 6.07) is 13.8. The lowest BCUT2D eigenvalue weighted by Gasteiger charge is -2.35. The van der Waals surface area contributed by atoms with Gasteiger partial charge in [0.1, 0.15) is 12.4 Å². The molecule has 2 atom stereocenters. The number of nitrogens with one attached hydrogen (secondary N) is 1. The Morgan fingerprint density at radius 3 is 2.59 bits per heavy atom. The molecule has 1 aliphatic carbocycles. The third-order valence-electron chi connectivity index (χ3n) is 6.30. The van der Waals surface area contributed by atoms with Crippen LogP contribution in [0.4, 0.5) is 0 Å². The average molecular weight is 481 g/mol.